The summed E-state index contributed by atoms with van der Waals surface area (Å²) >= 11 is 3.79. The smallest absolute Gasteiger partial charge is 0.173 e. The van der Waals surface area contributed by atoms with Gasteiger partial charge in [0.2, 0.25) is 0 Å². The van der Waals surface area contributed by atoms with Crippen molar-refractivity contribution < 1.29 is 4.79 Å². The van der Waals surface area contributed by atoms with Crippen molar-refractivity contribution in [1.82, 2.24) is 0 Å². The van der Waals surface area contributed by atoms with E-state index in [1.54, 1.807) is 0 Å². The molecule has 0 saturated carbocycles. The topological polar surface area (TPSA) is 40.9 Å². The highest BCUT2D eigenvalue weighted by Crippen LogP contribution is 1.81. The third-order valence-corrected chi connectivity index (χ3v) is 0.743. The number of nitrogens with one attached hydrogen (secondary N) is 1. The van der Waals surface area contributed by atoms with Crippen molar-refractivity contribution in [2.75, 3.05) is 5.75 Å². The highest BCUT2D eigenvalue weighted by Gasteiger charge is 1.89. The van der Waals surface area contributed by atoms with Crippen LogP contribution in [0.15, 0.2) is 0 Å². The van der Waals surface area contributed by atoms with Crippen molar-refractivity contribution in [2.24, 2.45) is 0 Å². The van der Waals surface area contributed by atoms with Crippen molar-refractivity contribution in [3.8, 4) is 0 Å². The molecule has 0 aliphatic carbocycles. The van der Waals surface area contributed by atoms with Crippen LogP contribution in [0.1, 0.15) is 6.42 Å². The SMILES string of the molecule is N=CC(=O)CCS. The molecule has 0 aromatic rings. The second kappa shape index (κ2) is 3.87. The number of rotatable bonds is 3. The zero-order valence-corrected chi connectivity index (χ0v) is 4.74. The fourth-order valence-electron chi connectivity index (χ4n) is 0.182. The van der Waals surface area contributed by atoms with Crippen LogP contribution in [0.4, 0.5) is 0 Å². The van der Waals surface area contributed by atoms with E-state index in [9.17, 15) is 4.79 Å². The molecule has 0 aromatic carbocycles. The summed E-state index contributed by atoms with van der Waals surface area (Å²) in [6.45, 7) is 0. The number of carbonyl (C=O) groups is 1. The maximum Gasteiger partial charge on any atom is 0.173 e. The number of hydrogen-bond acceptors (Lipinski definition) is 3. The van der Waals surface area contributed by atoms with Crippen molar-refractivity contribution >= 4 is 24.6 Å². The van der Waals surface area contributed by atoms with E-state index in [1.807, 2.05) is 0 Å². The lowest BCUT2D eigenvalue weighted by molar-refractivity contribution is -0.112. The molecule has 0 radical (unpaired) electrons. The molecule has 0 spiro atoms. The van der Waals surface area contributed by atoms with Crippen LogP contribution in [-0.2, 0) is 4.79 Å². The molecule has 0 atom stereocenters. The van der Waals surface area contributed by atoms with Crippen molar-refractivity contribution in [3.05, 3.63) is 0 Å². The molecule has 3 heteroatoms. The van der Waals surface area contributed by atoms with Crippen molar-refractivity contribution in [1.29, 1.82) is 5.41 Å². The van der Waals surface area contributed by atoms with Gasteiger partial charge in [-0.1, -0.05) is 0 Å². The molecular formula is C4H7NOS. The molecule has 2 nitrogen and oxygen atoms in total. The van der Waals surface area contributed by atoms with E-state index in [-0.39, 0.29) is 5.78 Å². The van der Waals surface area contributed by atoms with Gasteiger partial charge in [0.1, 0.15) is 0 Å². The van der Waals surface area contributed by atoms with Gasteiger partial charge < -0.3 is 5.41 Å². The summed E-state index contributed by atoms with van der Waals surface area (Å²) in [5.74, 6) is 0.379. The van der Waals surface area contributed by atoms with E-state index in [4.69, 9.17) is 5.41 Å². The lowest BCUT2D eigenvalue weighted by Gasteiger charge is -1.81. The first-order chi connectivity index (χ1) is 3.31. The van der Waals surface area contributed by atoms with Gasteiger partial charge in [-0.3, -0.25) is 4.79 Å². The maximum absolute atomic E-state index is 10.1. The minimum atomic E-state index is -0.157. The van der Waals surface area contributed by atoms with Gasteiger partial charge in [0.25, 0.3) is 0 Å². The monoisotopic (exact) mass is 117 g/mol. The maximum atomic E-state index is 10.1. The zero-order valence-electron chi connectivity index (χ0n) is 3.85. The second-order valence-corrected chi connectivity index (χ2v) is 1.53. The van der Waals surface area contributed by atoms with Gasteiger partial charge in [-0.15, -0.1) is 0 Å². The molecule has 0 rings (SSSR count). The molecule has 0 bridgehead atoms. The fourth-order valence-corrected chi connectivity index (χ4v) is 0.403. The van der Waals surface area contributed by atoms with Gasteiger partial charge in [0.15, 0.2) is 5.78 Å². The van der Waals surface area contributed by atoms with Crippen LogP contribution in [0.5, 0.6) is 0 Å². The van der Waals surface area contributed by atoms with Gasteiger partial charge in [-0.25, -0.2) is 0 Å². The largest absolute Gasteiger partial charge is 0.305 e. The Morgan fingerprint density at radius 3 is 2.57 bits per heavy atom. The number of ketones is 1. The van der Waals surface area contributed by atoms with Crippen LogP contribution in [0, 0.1) is 5.41 Å². The Balaban J connectivity index is 3.17. The Labute approximate surface area is 47.8 Å². The van der Waals surface area contributed by atoms with Crippen LogP contribution in [0.2, 0.25) is 0 Å². The van der Waals surface area contributed by atoms with Gasteiger partial charge in [-0.2, -0.15) is 12.6 Å². The molecule has 0 amide bonds. The Morgan fingerprint density at radius 2 is 2.43 bits per heavy atom. The summed E-state index contributed by atoms with van der Waals surface area (Å²) in [6.07, 6.45) is 1.20. The average molecular weight is 117 g/mol. The minimum absolute atomic E-state index is 0.157. The normalized spacial score (nSPS) is 8.14. The highest BCUT2D eigenvalue weighted by atomic mass is 32.1. The molecule has 0 heterocycles. The third kappa shape index (κ3) is 3.52. The summed E-state index contributed by atoms with van der Waals surface area (Å²) in [5, 5.41) is 6.40. The Hall–Kier alpha value is -0.310. The predicted molar refractivity (Wildman–Crippen MR) is 32.3 cm³/mol. The molecule has 7 heavy (non-hydrogen) atoms. The van der Waals surface area contributed by atoms with Crippen LogP contribution < -0.4 is 0 Å². The van der Waals surface area contributed by atoms with Crippen LogP contribution in [0.3, 0.4) is 0 Å². The van der Waals surface area contributed by atoms with Crippen LogP contribution >= 0.6 is 12.6 Å². The summed E-state index contributed by atoms with van der Waals surface area (Å²) in [5.41, 5.74) is 0. The van der Waals surface area contributed by atoms with Crippen molar-refractivity contribution in [3.63, 3.8) is 0 Å². The summed E-state index contributed by atoms with van der Waals surface area (Å²) in [4.78, 5) is 10.1. The quantitative estimate of drug-likeness (QED) is 0.411. The van der Waals surface area contributed by atoms with E-state index < -0.39 is 0 Å². The van der Waals surface area contributed by atoms with Crippen molar-refractivity contribution in [2.45, 2.75) is 6.42 Å². The van der Waals surface area contributed by atoms with E-state index in [1.165, 1.54) is 0 Å². The molecule has 0 aliphatic rings. The summed E-state index contributed by atoms with van der Waals surface area (Å²) < 4.78 is 0. The lowest BCUT2D eigenvalue weighted by atomic mass is 10.3. The third-order valence-electron chi connectivity index (χ3n) is 0.519. The number of hydrogen-bond donors (Lipinski definition) is 2. The fraction of sp³-hybridized carbons (Fsp3) is 0.500. The first kappa shape index (κ1) is 6.69. The summed E-state index contributed by atoms with van der Waals surface area (Å²) in [6, 6.07) is 0. The Morgan fingerprint density at radius 1 is 1.86 bits per heavy atom. The summed E-state index contributed by atoms with van der Waals surface area (Å²) in [7, 11) is 0. The zero-order chi connectivity index (χ0) is 5.70. The lowest BCUT2D eigenvalue weighted by Crippen LogP contribution is -1.97. The van der Waals surface area contributed by atoms with Gasteiger partial charge in [-0.05, 0) is 5.75 Å². The van der Waals surface area contributed by atoms with Gasteiger partial charge >= 0.3 is 0 Å². The molecule has 0 saturated heterocycles. The second-order valence-electron chi connectivity index (χ2n) is 1.08. The van der Waals surface area contributed by atoms with E-state index in [0.29, 0.717) is 12.2 Å². The molecule has 0 aliphatic heterocycles. The van der Waals surface area contributed by atoms with Gasteiger partial charge in [0, 0.05) is 6.42 Å². The number of Topliss-reactive ketones (excluding diaryl/α,β-unsaturated/α-hetero) is 1. The van der Waals surface area contributed by atoms with Gasteiger partial charge in [0.05, 0.1) is 6.21 Å². The highest BCUT2D eigenvalue weighted by molar-refractivity contribution is 7.80. The number of carbonyl (C=O) groups excluding carboxylic acids is 1. The molecule has 0 unspecified atom stereocenters. The van der Waals surface area contributed by atoms with Crippen LogP contribution in [-0.4, -0.2) is 17.8 Å². The molecular weight excluding hydrogens is 110 g/mol. The molecule has 0 aromatic heterocycles. The molecule has 0 fully saturated rings. The van der Waals surface area contributed by atoms with E-state index >= 15 is 0 Å². The average Bonchev–Trinajstić information content (AvgIpc) is 1.68. The van der Waals surface area contributed by atoms with E-state index in [0.717, 1.165) is 6.21 Å². The molecule has 1 N–H and O–H groups in total. The first-order valence-electron chi connectivity index (χ1n) is 1.95. The minimum Gasteiger partial charge on any atom is -0.305 e. The first-order valence-corrected chi connectivity index (χ1v) is 2.58. The van der Waals surface area contributed by atoms with E-state index in [2.05, 4.69) is 12.6 Å². The predicted octanol–water partition coefficient (Wildman–Crippen LogP) is 0.525. The Bertz CT molecular complexity index is 81.8. The Kier molecular flexibility index (Phi) is 3.69. The van der Waals surface area contributed by atoms with Crippen LogP contribution in [0.25, 0.3) is 0 Å². The number of thiol groups is 1. The standard InChI is InChI=1S/C4H7NOS/c5-3-4(6)1-2-7/h3,5,7H,1-2H2. The molecule has 40 valence electrons.